The Bertz CT molecular complexity index is 1180. The van der Waals surface area contributed by atoms with Crippen LogP contribution in [0.1, 0.15) is 27.3 Å². The Balaban J connectivity index is 1.71. The van der Waals surface area contributed by atoms with Crippen LogP contribution in [0.15, 0.2) is 47.5 Å². The number of H-pyrrole nitrogens is 1. The van der Waals surface area contributed by atoms with Gasteiger partial charge in [0, 0.05) is 23.8 Å². The molecule has 0 fully saturated rings. The molecule has 0 atom stereocenters. The Morgan fingerprint density at radius 3 is 2.57 bits per heavy atom. The summed E-state index contributed by atoms with van der Waals surface area (Å²) in [6.45, 7) is 4.67. The van der Waals surface area contributed by atoms with E-state index < -0.39 is 5.97 Å². The number of rotatable bonds is 4. The highest BCUT2D eigenvalue weighted by molar-refractivity contribution is 5.96. The van der Waals surface area contributed by atoms with Gasteiger partial charge < -0.3 is 9.30 Å². The van der Waals surface area contributed by atoms with Crippen LogP contribution >= 0.6 is 0 Å². The Morgan fingerprint density at radius 1 is 1.18 bits per heavy atom. The number of pyridine rings is 1. The summed E-state index contributed by atoms with van der Waals surface area (Å²) in [7, 11) is 1.30. The fourth-order valence-electron chi connectivity index (χ4n) is 3.23. The van der Waals surface area contributed by atoms with E-state index in [0.717, 1.165) is 22.6 Å². The van der Waals surface area contributed by atoms with Crippen LogP contribution in [0.5, 0.6) is 0 Å². The number of carbonyl (C=O) groups is 1. The maximum atomic E-state index is 12.1. The summed E-state index contributed by atoms with van der Waals surface area (Å²) < 4.78 is 8.50. The Morgan fingerprint density at radius 2 is 1.93 bits per heavy atom. The van der Waals surface area contributed by atoms with Crippen molar-refractivity contribution in [1.82, 2.24) is 24.5 Å². The average molecular weight is 377 g/mol. The van der Waals surface area contributed by atoms with Crippen molar-refractivity contribution in [3.63, 3.8) is 0 Å². The maximum absolute atomic E-state index is 12.1. The first kappa shape index (κ1) is 17.7. The van der Waals surface area contributed by atoms with Crippen molar-refractivity contribution in [2.75, 3.05) is 7.11 Å². The molecule has 0 bridgehead atoms. The van der Waals surface area contributed by atoms with Gasteiger partial charge in [0.05, 0.1) is 24.9 Å². The van der Waals surface area contributed by atoms with E-state index in [2.05, 4.69) is 15.3 Å². The average Bonchev–Trinajstić information content (AvgIpc) is 3.22. The first-order valence-corrected chi connectivity index (χ1v) is 8.75. The van der Waals surface area contributed by atoms with Gasteiger partial charge >= 0.3 is 5.97 Å². The van der Waals surface area contributed by atoms with Gasteiger partial charge in [-0.3, -0.25) is 9.48 Å². The number of nitrogens with one attached hydrogen (secondary N) is 1. The number of benzene rings is 1. The molecule has 0 saturated heterocycles. The number of fused-ring (bicyclic) bond motifs is 1. The van der Waals surface area contributed by atoms with E-state index in [0.29, 0.717) is 17.8 Å². The third-order valence-corrected chi connectivity index (χ3v) is 4.64. The number of esters is 1. The predicted octanol–water partition coefficient (Wildman–Crippen LogP) is 2.31. The number of hydrogen-bond donors (Lipinski definition) is 1. The van der Waals surface area contributed by atoms with Crippen molar-refractivity contribution in [2.24, 2.45) is 0 Å². The van der Waals surface area contributed by atoms with E-state index in [9.17, 15) is 9.59 Å². The second kappa shape index (κ2) is 6.80. The standard InChI is InChI=1S/C20H19N5O3/c1-12-8-13(2)25(23-12)9-14-4-6-15(7-5-14)24-10-16-18(21-22-19(16)26)17(11-24)20(27)28-3/h4-8,10-11H,9H2,1-3H3,(H,22,26). The Labute approximate surface area is 160 Å². The van der Waals surface area contributed by atoms with E-state index in [1.54, 1.807) is 17.0 Å². The van der Waals surface area contributed by atoms with Crippen LogP contribution in [0.2, 0.25) is 0 Å². The molecule has 8 nitrogen and oxygen atoms in total. The summed E-state index contributed by atoms with van der Waals surface area (Å²) in [5, 5.41) is 10.8. The molecule has 0 unspecified atom stereocenters. The molecule has 0 aliphatic carbocycles. The number of aromatic amines is 1. The van der Waals surface area contributed by atoms with E-state index in [1.165, 1.54) is 7.11 Å². The lowest BCUT2D eigenvalue weighted by Crippen LogP contribution is -2.11. The zero-order chi connectivity index (χ0) is 19.8. The van der Waals surface area contributed by atoms with E-state index >= 15 is 0 Å². The molecule has 28 heavy (non-hydrogen) atoms. The van der Waals surface area contributed by atoms with Gasteiger partial charge in [-0.2, -0.15) is 10.2 Å². The summed E-state index contributed by atoms with van der Waals surface area (Å²) in [6, 6.07) is 9.89. The predicted molar refractivity (Wildman–Crippen MR) is 103 cm³/mol. The number of carbonyl (C=O) groups excluding carboxylic acids is 1. The quantitative estimate of drug-likeness (QED) is 0.551. The highest BCUT2D eigenvalue weighted by atomic mass is 16.5. The second-order valence-electron chi connectivity index (χ2n) is 6.64. The normalized spacial score (nSPS) is 11.1. The molecule has 8 heteroatoms. The highest BCUT2D eigenvalue weighted by Gasteiger charge is 2.22. The number of methoxy groups -OCH3 is 1. The number of nitrogens with zero attached hydrogens (tertiary/aromatic N) is 4. The minimum atomic E-state index is -0.549. The van der Waals surface area contributed by atoms with Gasteiger partial charge in [-0.1, -0.05) is 12.1 Å². The van der Waals surface area contributed by atoms with Crippen LogP contribution in [0.4, 0.5) is 0 Å². The van der Waals surface area contributed by atoms with Crippen LogP contribution in [0.3, 0.4) is 0 Å². The van der Waals surface area contributed by atoms with Crippen LogP contribution in [-0.4, -0.2) is 37.6 Å². The molecule has 1 aromatic heterocycles. The van der Waals surface area contributed by atoms with Crippen LogP contribution in [0, 0.1) is 13.8 Å². The van der Waals surface area contributed by atoms with Crippen molar-refractivity contribution in [3.05, 3.63) is 75.6 Å². The minimum absolute atomic E-state index is 0.227. The molecule has 2 aromatic rings. The lowest BCUT2D eigenvalue weighted by atomic mass is 10.1. The molecule has 2 aliphatic rings. The third kappa shape index (κ3) is 3.09. The SMILES string of the molecule is COC(=O)c1cn(-c2ccc(Cn3nc(C)cc3C)cc2)cc2c(=O)[nH]nc1-2. The van der Waals surface area contributed by atoms with Crippen molar-refractivity contribution >= 4 is 5.97 Å². The zero-order valence-electron chi connectivity index (χ0n) is 15.8. The summed E-state index contributed by atoms with van der Waals surface area (Å²) in [5.41, 5.74) is 4.50. The molecule has 142 valence electrons. The summed E-state index contributed by atoms with van der Waals surface area (Å²) in [6.07, 6.45) is 3.27. The molecule has 2 aliphatic heterocycles. The maximum Gasteiger partial charge on any atom is 0.341 e. The molecule has 4 rings (SSSR count). The topological polar surface area (TPSA) is 94.8 Å². The fourth-order valence-corrected chi connectivity index (χ4v) is 3.23. The van der Waals surface area contributed by atoms with E-state index in [-0.39, 0.29) is 11.1 Å². The largest absolute Gasteiger partial charge is 0.465 e. The number of ether oxygens (including phenoxy) is 1. The van der Waals surface area contributed by atoms with Crippen molar-refractivity contribution in [2.45, 2.75) is 20.4 Å². The number of aromatic nitrogens is 5. The van der Waals surface area contributed by atoms with Crippen LogP contribution < -0.4 is 5.56 Å². The minimum Gasteiger partial charge on any atom is -0.465 e. The van der Waals surface area contributed by atoms with Crippen LogP contribution in [0.25, 0.3) is 16.9 Å². The number of aryl methyl sites for hydroxylation is 2. The lowest BCUT2D eigenvalue weighted by molar-refractivity contribution is 0.0600. The third-order valence-electron chi connectivity index (χ3n) is 4.64. The van der Waals surface area contributed by atoms with E-state index in [1.807, 2.05) is 48.9 Å². The molecular weight excluding hydrogens is 358 g/mol. The molecule has 0 spiro atoms. The van der Waals surface area contributed by atoms with Crippen LogP contribution in [-0.2, 0) is 11.3 Å². The molecule has 0 radical (unpaired) electrons. The molecule has 1 N–H and O–H groups in total. The smallest absolute Gasteiger partial charge is 0.341 e. The van der Waals surface area contributed by atoms with Crippen molar-refractivity contribution < 1.29 is 9.53 Å². The Kier molecular flexibility index (Phi) is 4.31. The molecule has 3 heterocycles. The monoisotopic (exact) mass is 377 g/mol. The summed E-state index contributed by atoms with van der Waals surface area (Å²) in [4.78, 5) is 24.1. The first-order chi connectivity index (χ1) is 13.5. The molecule has 1 aromatic carbocycles. The molecular formula is C20H19N5O3. The zero-order valence-corrected chi connectivity index (χ0v) is 15.8. The summed E-state index contributed by atoms with van der Waals surface area (Å²) >= 11 is 0. The fraction of sp³-hybridized carbons (Fsp3) is 0.200. The van der Waals surface area contributed by atoms with Crippen molar-refractivity contribution in [1.29, 1.82) is 0 Å². The first-order valence-electron chi connectivity index (χ1n) is 8.75. The van der Waals surface area contributed by atoms with Gasteiger partial charge in [0.1, 0.15) is 11.3 Å². The molecule has 0 saturated carbocycles. The van der Waals surface area contributed by atoms with Gasteiger partial charge in [0.2, 0.25) is 0 Å². The summed E-state index contributed by atoms with van der Waals surface area (Å²) in [5.74, 6) is -0.549. The highest BCUT2D eigenvalue weighted by Crippen LogP contribution is 2.23. The lowest BCUT2D eigenvalue weighted by Gasteiger charge is -2.12. The Hall–Kier alpha value is -3.68. The van der Waals surface area contributed by atoms with Gasteiger partial charge in [-0.05, 0) is 37.6 Å². The van der Waals surface area contributed by atoms with Gasteiger partial charge in [0.25, 0.3) is 5.56 Å². The molecule has 0 amide bonds. The number of hydrogen-bond acceptors (Lipinski definition) is 5. The van der Waals surface area contributed by atoms with Gasteiger partial charge in [-0.25, -0.2) is 9.89 Å². The van der Waals surface area contributed by atoms with Crippen molar-refractivity contribution in [3.8, 4) is 16.9 Å². The van der Waals surface area contributed by atoms with Gasteiger partial charge in [-0.15, -0.1) is 0 Å². The van der Waals surface area contributed by atoms with E-state index in [4.69, 9.17) is 4.74 Å². The van der Waals surface area contributed by atoms with Gasteiger partial charge in [0.15, 0.2) is 0 Å². The second-order valence-corrected chi connectivity index (χ2v) is 6.64.